The number of hydrogen-bond acceptors (Lipinski definition) is 4. The molecule has 1 fully saturated rings. The molecule has 0 radical (unpaired) electrons. The average Bonchev–Trinajstić information content (AvgIpc) is 2.83. The van der Waals surface area contributed by atoms with Gasteiger partial charge in [-0.15, -0.1) is 0 Å². The van der Waals surface area contributed by atoms with Gasteiger partial charge in [-0.2, -0.15) is 0 Å². The smallest absolute Gasteiger partial charge is 0.0727 e. The Morgan fingerprint density at radius 3 is 2.94 bits per heavy atom. The van der Waals surface area contributed by atoms with E-state index in [9.17, 15) is 0 Å². The van der Waals surface area contributed by atoms with Gasteiger partial charge in [-0.3, -0.25) is 4.98 Å². The van der Waals surface area contributed by atoms with Crippen LogP contribution >= 0.6 is 0 Å². The molecule has 0 spiro atoms. The van der Waals surface area contributed by atoms with Crippen LogP contribution in [0.25, 0.3) is 10.9 Å². The summed E-state index contributed by atoms with van der Waals surface area (Å²) in [5, 5.41) is 0.922. The summed E-state index contributed by atoms with van der Waals surface area (Å²) in [5.41, 5.74) is 15.2. The van der Waals surface area contributed by atoms with Gasteiger partial charge in [0.2, 0.25) is 0 Å². The number of hydrogen-bond donors (Lipinski definition) is 2. The molecule has 18 heavy (non-hydrogen) atoms. The monoisotopic (exact) mass is 243 g/mol. The number of nitrogens with zero attached hydrogens (tertiary/aromatic N) is 1. The molecule has 0 bridgehead atoms. The van der Waals surface area contributed by atoms with Gasteiger partial charge in [-0.05, 0) is 37.1 Å². The summed E-state index contributed by atoms with van der Waals surface area (Å²) in [4.78, 5) is 4.63. The van der Waals surface area contributed by atoms with Crippen LogP contribution in [0.4, 0.5) is 11.4 Å². The van der Waals surface area contributed by atoms with E-state index in [2.05, 4.69) is 4.98 Å². The van der Waals surface area contributed by atoms with Crippen LogP contribution < -0.4 is 11.5 Å². The van der Waals surface area contributed by atoms with Gasteiger partial charge in [-0.25, -0.2) is 0 Å². The minimum Gasteiger partial charge on any atom is -0.399 e. The zero-order chi connectivity index (χ0) is 12.5. The Balaban J connectivity index is 1.96. The second kappa shape index (κ2) is 4.46. The molecule has 1 saturated heterocycles. The van der Waals surface area contributed by atoms with E-state index >= 15 is 0 Å². The van der Waals surface area contributed by atoms with E-state index < -0.39 is 0 Å². The highest BCUT2D eigenvalue weighted by Crippen LogP contribution is 2.24. The lowest BCUT2D eigenvalue weighted by atomic mass is 10.1. The van der Waals surface area contributed by atoms with Crippen molar-refractivity contribution in [2.24, 2.45) is 0 Å². The van der Waals surface area contributed by atoms with Gasteiger partial charge in [0, 0.05) is 35.5 Å². The third kappa shape index (κ3) is 2.11. The van der Waals surface area contributed by atoms with Crippen LogP contribution in [0.3, 0.4) is 0 Å². The predicted octanol–water partition coefficient (Wildman–Crippen LogP) is 2.12. The second-order valence-corrected chi connectivity index (χ2v) is 4.82. The van der Waals surface area contributed by atoms with Gasteiger partial charge in [0.15, 0.2) is 0 Å². The second-order valence-electron chi connectivity index (χ2n) is 4.82. The molecule has 4 nitrogen and oxygen atoms in total. The van der Waals surface area contributed by atoms with Crippen LogP contribution in [0, 0.1) is 0 Å². The minimum absolute atomic E-state index is 0.295. The molecule has 94 valence electrons. The zero-order valence-electron chi connectivity index (χ0n) is 10.2. The number of ether oxygens (including phenoxy) is 1. The fourth-order valence-corrected chi connectivity index (χ4v) is 2.47. The first kappa shape index (κ1) is 11.3. The van der Waals surface area contributed by atoms with Crippen molar-refractivity contribution in [2.75, 3.05) is 18.1 Å². The maximum Gasteiger partial charge on any atom is 0.0727 e. The van der Waals surface area contributed by atoms with Gasteiger partial charge >= 0.3 is 0 Å². The van der Waals surface area contributed by atoms with Crippen molar-refractivity contribution in [3.8, 4) is 0 Å². The highest BCUT2D eigenvalue weighted by molar-refractivity contribution is 5.92. The van der Waals surface area contributed by atoms with Crippen molar-refractivity contribution in [1.82, 2.24) is 4.98 Å². The van der Waals surface area contributed by atoms with E-state index in [1.54, 1.807) is 0 Å². The molecule has 1 unspecified atom stereocenters. The molecule has 0 saturated carbocycles. The number of pyridine rings is 1. The molecule has 1 aliphatic heterocycles. The molecule has 1 aromatic heterocycles. The van der Waals surface area contributed by atoms with Crippen LogP contribution in [0.2, 0.25) is 0 Å². The van der Waals surface area contributed by atoms with Gasteiger partial charge < -0.3 is 16.2 Å². The molecule has 0 aliphatic carbocycles. The lowest BCUT2D eigenvalue weighted by molar-refractivity contribution is 0.111. The summed E-state index contributed by atoms with van der Waals surface area (Å²) in [6, 6.07) is 7.57. The largest absolute Gasteiger partial charge is 0.399 e. The highest BCUT2D eigenvalue weighted by atomic mass is 16.5. The average molecular weight is 243 g/mol. The molecular formula is C14H17N3O. The Labute approximate surface area is 106 Å². The summed E-state index contributed by atoms with van der Waals surface area (Å²) in [6.07, 6.45) is 3.39. The molecule has 0 amide bonds. The van der Waals surface area contributed by atoms with E-state index in [4.69, 9.17) is 16.2 Å². The summed E-state index contributed by atoms with van der Waals surface area (Å²) in [6.45, 7) is 0.865. The van der Waals surface area contributed by atoms with Crippen molar-refractivity contribution in [3.05, 3.63) is 30.0 Å². The van der Waals surface area contributed by atoms with Crippen LogP contribution in [-0.4, -0.2) is 17.7 Å². The summed E-state index contributed by atoms with van der Waals surface area (Å²) < 4.78 is 5.63. The van der Waals surface area contributed by atoms with Crippen LogP contribution in [-0.2, 0) is 11.2 Å². The fourth-order valence-electron chi connectivity index (χ4n) is 2.47. The predicted molar refractivity (Wildman–Crippen MR) is 73.2 cm³/mol. The first-order valence-electron chi connectivity index (χ1n) is 6.28. The van der Waals surface area contributed by atoms with E-state index in [-0.39, 0.29) is 0 Å². The minimum atomic E-state index is 0.295. The number of benzene rings is 1. The van der Waals surface area contributed by atoms with E-state index in [1.807, 2.05) is 24.3 Å². The van der Waals surface area contributed by atoms with Gasteiger partial charge in [-0.1, -0.05) is 0 Å². The molecule has 4 N–H and O–H groups in total. The van der Waals surface area contributed by atoms with Crippen molar-refractivity contribution in [2.45, 2.75) is 25.4 Å². The van der Waals surface area contributed by atoms with E-state index in [0.29, 0.717) is 11.8 Å². The van der Waals surface area contributed by atoms with Crippen molar-refractivity contribution >= 4 is 22.3 Å². The molecule has 1 aliphatic rings. The summed E-state index contributed by atoms with van der Waals surface area (Å²) >= 11 is 0. The van der Waals surface area contributed by atoms with E-state index in [1.165, 1.54) is 0 Å². The van der Waals surface area contributed by atoms with Gasteiger partial charge in [0.05, 0.1) is 11.6 Å². The van der Waals surface area contributed by atoms with Crippen molar-refractivity contribution < 1.29 is 4.74 Å². The number of fused-ring (bicyclic) bond motifs is 1. The molecule has 1 atom stereocenters. The molecule has 3 rings (SSSR count). The Kier molecular flexibility index (Phi) is 2.80. The Morgan fingerprint density at radius 2 is 2.17 bits per heavy atom. The number of anilines is 2. The lowest BCUT2D eigenvalue weighted by Crippen LogP contribution is -2.10. The molecule has 2 aromatic rings. The van der Waals surface area contributed by atoms with Crippen molar-refractivity contribution in [1.29, 1.82) is 0 Å². The van der Waals surface area contributed by atoms with Crippen LogP contribution in [0.15, 0.2) is 24.3 Å². The topological polar surface area (TPSA) is 74.2 Å². The normalized spacial score (nSPS) is 19.4. The van der Waals surface area contributed by atoms with Crippen LogP contribution in [0.5, 0.6) is 0 Å². The standard InChI is InChI=1S/C14H17N3O/c15-9-3-4-14-12(6-9)13(16)8-10(17-14)7-11-2-1-5-18-11/h3-4,6,8,11H,1-2,5,7,15H2,(H2,16,17). The number of aromatic nitrogens is 1. The molecule has 1 aromatic carbocycles. The Hall–Kier alpha value is -1.81. The third-order valence-corrected chi connectivity index (χ3v) is 3.38. The van der Waals surface area contributed by atoms with E-state index in [0.717, 1.165) is 48.2 Å². The Morgan fingerprint density at radius 1 is 1.28 bits per heavy atom. The SMILES string of the molecule is Nc1ccc2nc(CC3CCCO3)cc(N)c2c1. The van der Waals surface area contributed by atoms with Crippen molar-refractivity contribution in [3.63, 3.8) is 0 Å². The third-order valence-electron chi connectivity index (χ3n) is 3.38. The van der Waals surface area contributed by atoms with Gasteiger partial charge in [0.25, 0.3) is 0 Å². The zero-order valence-corrected chi connectivity index (χ0v) is 10.2. The maximum absolute atomic E-state index is 6.06. The fraction of sp³-hybridized carbons (Fsp3) is 0.357. The molecular weight excluding hydrogens is 226 g/mol. The molecule has 2 heterocycles. The number of nitrogen functional groups attached to an aromatic ring is 2. The quantitative estimate of drug-likeness (QED) is 0.792. The summed E-state index contributed by atoms with van der Waals surface area (Å²) in [5.74, 6) is 0. The Bertz CT molecular complexity index is 577. The molecule has 4 heteroatoms. The number of nitrogens with two attached hydrogens (primary N) is 2. The first-order chi connectivity index (χ1) is 8.72. The maximum atomic E-state index is 6.06. The first-order valence-corrected chi connectivity index (χ1v) is 6.28. The number of rotatable bonds is 2. The van der Waals surface area contributed by atoms with Gasteiger partial charge in [0.1, 0.15) is 0 Å². The van der Waals surface area contributed by atoms with Crippen LogP contribution in [0.1, 0.15) is 18.5 Å². The lowest BCUT2D eigenvalue weighted by Gasteiger charge is -2.11. The highest BCUT2D eigenvalue weighted by Gasteiger charge is 2.17. The summed E-state index contributed by atoms with van der Waals surface area (Å²) in [7, 11) is 0.